The number of benzene rings is 2. The second-order valence-electron chi connectivity index (χ2n) is 9.30. The zero-order valence-electron chi connectivity index (χ0n) is 21.0. The van der Waals surface area contributed by atoms with Gasteiger partial charge in [-0.25, -0.2) is 4.79 Å². The summed E-state index contributed by atoms with van der Waals surface area (Å²) in [5.74, 6) is -1.47. The minimum Gasteiger partial charge on any atom is -0.326 e. The summed E-state index contributed by atoms with van der Waals surface area (Å²) >= 11 is 6.12. The Balaban J connectivity index is 1.57. The van der Waals surface area contributed by atoms with Gasteiger partial charge in [0.05, 0.1) is 27.4 Å². The summed E-state index contributed by atoms with van der Waals surface area (Å²) in [5, 5.41) is 12.6. The van der Waals surface area contributed by atoms with Crippen molar-refractivity contribution in [2.75, 3.05) is 25.5 Å². The van der Waals surface area contributed by atoms with Crippen molar-refractivity contribution >= 4 is 39.9 Å². The summed E-state index contributed by atoms with van der Waals surface area (Å²) in [4.78, 5) is 54.0. The number of nitrogens with zero attached hydrogens (tertiary/aromatic N) is 4. The third-order valence-corrected chi connectivity index (χ3v) is 7.22. The molecule has 1 saturated heterocycles. The minimum absolute atomic E-state index is 0.0819. The van der Waals surface area contributed by atoms with Crippen LogP contribution in [0, 0.1) is 23.2 Å². The molecule has 1 aromatic heterocycles. The highest BCUT2D eigenvalue weighted by Gasteiger charge is 2.40. The number of amides is 1. The van der Waals surface area contributed by atoms with Crippen molar-refractivity contribution in [3.63, 3.8) is 0 Å². The molecule has 192 valence electrons. The van der Waals surface area contributed by atoms with Crippen LogP contribution in [-0.2, 0) is 29.1 Å². The number of aryl methyl sites for hydroxylation is 1. The molecule has 0 radical (unpaired) electrons. The van der Waals surface area contributed by atoms with Gasteiger partial charge in [-0.15, -0.1) is 0 Å². The molecule has 1 aliphatic rings. The Kier molecular flexibility index (Phi) is 7.62. The molecule has 4 rings (SSSR count). The number of anilines is 1. The number of Topliss-reactive ketones (excluding diaryl/α,β-unsaturated/α-hetero) is 1. The van der Waals surface area contributed by atoms with E-state index in [1.165, 1.54) is 9.13 Å². The lowest BCUT2D eigenvalue weighted by Crippen LogP contribution is -2.39. The standard InChI is InChI=1S/C27H28ClN5O4/c1-4-32-23-9-8-18(12-19(23)26(36)33(5-2)27(32)37)30-25(35)21-15-31(3)14-20(21)24(34)11-16-6-7-17(13-29)22(28)10-16/h6-10,12,20-21H,4-5,11,14-15H2,1-3H3,(H,30,35)/t20-,21+/m1/s1. The number of fused-ring (bicyclic) bond motifs is 1. The number of carbonyl (C=O) groups is 2. The number of rotatable bonds is 7. The van der Waals surface area contributed by atoms with Crippen LogP contribution in [-0.4, -0.2) is 45.9 Å². The van der Waals surface area contributed by atoms with Gasteiger partial charge in [0.1, 0.15) is 11.9 Å². The minimum atomic E-state index is -0.570. The van der Waals surface area contributed by atoms with Crippen molar-refractivity contribution < 1.29 is 9.59 Å². The summed E-state index contributed by atoms with van der Waals surface area (Å²) in [6.45, 7) is 5.09. The summed E-state index contributed by atoms with van der Waals surface area (Å²) in [5.41, 5.74) is 1.20. The van der Waals surface area contributed by atoms with Gasteiger partial charge in [0, 0.05) is 44.2 Å². The number of hydrogen-bond donors (Lipinski definition) is 1. The molecule has 1 aliphatic heterocycles. The molecule has 0 aliphatic carbocycles. The molecular weight excluding hydrogens is 494 g/mol. The van der Waals surface area contributed by atoms with Crippen LogP contribution in [0.1, 0.15) is 25.0 Å². The van der Waals surface area contributed by atoms with Crippen LogP contribution in [0.25, 0.3) is 10.9 Å². The average Bonchev–Trinajstić information content (AvgIpc) is 3.27. The number of hydrogen-bond acceptors (Lipinski definition) is 6. The van der Waals surface area contributed by atoms with Gasteiger partial charge in [-0.1, -0.05) is 17.7 Å². The van der Waals surface area contributed by atoms with Crippen molar-refractivity contribution in [2.24, 2.45) is 11.8 Å². The topological polar surface area (TPSA) is 117 Å². The van der Waals surface area contributed by atoms with Crippen molar-refractivity contribution in [1.82, 2.24) is 14.0 Å². The predicted molar refractivity (Wildman–Crippen MR) is 142 cm³/mol. The van der Waals surface area contributed by atoms with Gasteiger partial charge >= 0.3 is 5.69 Å². The van der Waals surface area contributed by atoms with E-state index < -0.39 is 17.4 Å². The van der Waals surface area contributed by atoms with Gasteiger partial charge in [0.25, 0.3) is 5.56 Å². The molecule has 0 spiro atoms. The van der Waals surface area contributed by atoms with Gasteiger partial charge < -0.3 is 10.2 Å². The molecule has 2 atom stereocenters. The predicted octanol–water partition coefficient (Wildman–Crippen LogP) is 2.66. The Morgan fingerprint density at radius 3 is 2.41 bits per heavy atom. The maximum atomic E-state index is 13.3. The second-order valence-corrected chi connectivity index (χ2v) is 9.71. The normalized spacial score (nSPS) is 17.6. The Hall–Kier alpha value is -3.74. The number of halogens is 1. The molecule has 9 nitrogen and oxygen atoms in total. The van der Waals surface area contributed by atoms with Crippen LogP contribution < -0.4 is 16.6 Å². The molecule has 0 saturated carbocycles. The fourth-order valence-corrected chi connectivity index (χ4v) is 5.25. The molecule has 10 heteroatoms. The lowest BCUT2D eigenvalue weighted by molar-refractivity contribution is -0.128. The Morgan fingerprint density at radius 2 is 1.76 bits per heavy atom. The van der Waals surface area contributed by atoms with Crippen LogP contribution in [0.5, 0.6) is 0 Å². The SMILES string of the molecule is CCn1c(=O)c2cc(NC(=O)[C@H]3CN(C)C[C@H]3C(=O)Cc3ccc(C#N)c(Cl)c3)ccc2n(CC)c1=O. The number of ketones is 1. The van der Waals surface area contributed by atoms with E-state index in [1.807, 2.05) is 24.9 Å². The largest absolute Gasteiger partial charge is 0.331 e. The van der Waals surface area contributed by atoms with E-state index in [9.17, 15) is 19.2 Å². The highest BCUT2D eigenvalue weighted by atomic mass is 35.5. The third-order valence-electron chi connectivity index (χ3n) is 6.91. The van der Waals surface area contributed by atoms with Crippen molar-refractivity contribution in [3.8, 4) is 6.07 Å². The van der Waals surface area contributed by atoms with E-state index in [0.29, 0.717) is 47.4 Å². The van der Waals surface area contributed by atoms with Crippen molar-refractivity contribution in [2.45, 2.75) is 33.4 Å². The highest BCUT2D eigenvalue weighted by molar-refractivity contribution is 6.31. The van der Waals surface area contributed by atoms with E-state index in [0.717, 1.165) is 0 Å². The summed E-state index contributed by atoms with van der Waals surface area (Å²) in [6, 6.07) is 11.8. The zero-order chi connectivity index (χ0) is 26.9. The second kappa shape index (κ2) is 10.7. The van der Waals surface area contributed by atoms with Gasteiger partial charge in [-0.2, -0.15) is 5.26 Å². The highest BCUT2D eigenvalue weighted by Crippen LogP contribution is 2.27. The fourth-order valence-electron chi connectivity index (χ4n) is 5.00. The van der Waals surface area contributed by atoms with E-state index in [2.05, 4.69) is 5.32 Å². The Labute approximate surface area is 218 Å². The monoisotopic (exact) mass is 521 g/mol. The third kappa shape index (κ3) is 5.08. The first-order chi connectivity index (χ1) is 17.7. The molecule has 2 heterocycles. The summed E-state index contributed by atoms with van der Waals surface area (Å²) < 4.78 is 2.70. The van der Waals surface area contributed by atoms with E-state index in [1.54, 1.807) is 43.3 Å². The van der Waals surface area contributed by atoms with Gasteiger partial charge in [-0.05, 0) is 56.8 Å². The van der Waals surface area contributed by atoms with Gasteiger partial charge in [0.15, 0.2) is 0 Å². The number of carbonyl (C=O) groups excluding carboxylic acids is 2. The van der Waals surface area contributed by atoms with Crippen LogP contribution in [0.15, 0.2) is 46.0 Å². The van der Waals surface area contributed by atoms with Crippen LogP contribution in [0.4, 0.5) is 5.69 Å². The number of nitrogens with one attached hydrogen (secondary N) is 1. The molecule has 0 bridgehead atoms. The maximum Gasteiger partial charge on any atom is 0.331 e. The lowest BCUT2D eigenvalue weighted by atomic mass is 9.88. The number of nitriles is 1. The molecule has 2 aromatic carbocycles. The van der Waals surface area contributed by atoms with Crippen molar-refractivity contribution in [3.05, 3.63) is 73.4 Å². The van der Waals surface area contributed by atoms with Crippen LogP contribution >= 0.6 is 11.6 Å². The number of aromatic nitrogens is 2. The molecule has 37 heavy (non-hydrogen) atoms. The fraction of sp³-hybridized carbons (Fsp3) is 0.370. The summed E-state index contributed by atoms with van der Waals surface area (Å²) in [7, 11) is 1.86. The molecule has 3 aromatic rings. The van der Waals surface area contributed by atoms with Crippen molar-refractivity contribution in [1.29, 1.82) is 5.26 Å². The molecule has 1 N–H and O–H groups in total. The van der Waals surface area contributed by atoms with E-state index in [-0.39, 0.29) is 35.4 Å². The smallest absolute Gasteiger partial charge is 0.326 e. The van der Waals surface area contributed by atoms with Gasteiger partial charge in [-0.3, -0.25) is 23.5 Å². The first-order valence-corrected chi connectivity index (χ1v) is 12.5. The Bertz CT molecular complexity index is 1550. The Morgan fingerprint density at radius 1 is 1.05 bits per heavy atom. The molecular formula is C27H28ClN5O4. The van der Waals surface area contributed by atoms with Crippen LogP contribution in [0.3, 0.4) is 0 Å². The molecule has 1 fully saturated rings. The lowest BCUT2D eigenvalue weighted by Gasteiger charge is -2.18. The first kappa shape index (κ1) is 26.3. The molecule has 1 amide bonds. The quantitative estimate of drug-likeness (QED) is 0.511. The van der Waals surface area contributed by atoms with E-state index in [4.69, 9.17) is 16.9 Å². The first-order valence-electron chi connectivity index (χ1n) is 12.2. The summed E-state index contributed by atoms with van der Waals surface area (Å²) in [6.07, 6.45) is 0.106. The van der Waals surface area contributed by atoms with Crippen LogP contribution in [0.2, 0.25) is 5.02 Å². The van der Waals surface area contributed by atoms with Gasteiger partial charge in [0.2, 0.25) is 5.91 Å². The zero-order valence-corrected chi connectivity index (χ0v) is 21.7. The number of likely N-dealkylation sites (tertiary alicyclic amines) is 1. The maximum absolute atomic E-state index is 13.3. The molecule has 0 unspecified atom stereocenters. The average molecular weight is 522 g/mol. The van der Waals surface area contributed by atoms with E-state index >= 15 is 0 Å².